The van der Waals surface area contributed by atoms with E-state index < -0.39 is 62.0 Å². The molecule has 0 radical (unpaired) electrons. The van der Waals surface area contributed by atoms with Crippen molar-refractivity contribution in [3.8, 4) is 0 Å². The smallest absolute Gasteiger partial charge is 0.255 e. The number of sulfone groups is 1. The van der Waals surface area contributed by atoms with Crippen molar-refractivity contribution in [3.05, 3.63) is 88.5 Å². The number of aliphatic hydroxyl groups excluding tert-OH is 1. The number of anilines is 1. The van der Waals surface area contributed by atoms with Crippen LogP contribution in [0.2, 0.25) is 5.02 Å². The molecule has 2 saturated carbocycles. The lowest BCUT2D eigenvalue weighted by Crippen LogP contribution is -2.52. The normalized spacial score (nSPS) is 26.9. The third-order valence-electron chi connectivity index (χ3n) is 8.23. The molecule has 2 aliphatic rings. The molecule has 2 aliphatic carbocycles. The van der Waals surface area contributed by atoms with Crippen molar-refractivity contribution in [2.75, 3.05) is 5.32 Å². The van der Waals surface area contributed by atoms with E-state index >= 15 is 0 Å². The van der Waals surface area contributed by atoms with E-state index in [4.69, 9.17) is 11.6 Å². The van der Waals surface area contributed by atoms with Gasteiger partial charge in [-0.3, -0.25) is 9.78 Å². The molecule has 1 amide bonds. The molecule has 0 aliphatic heterocycles. The lowest BCUT2D eigenvalue weighted by atomic mass is 9.69. The molecule has 212 valence electrons. The van der Waals surface area contributed by atoms with Gasteiger partial charge in [-0.1, -0.05) is 18.5 Å². The third-order valence-corrected chi connectivity index (χ3v) is 10.9. The Kier molecular flexibility index (Phi) is 7.45. The zero-order chi connectivity index (χ0) is 29.0. The Morgan fingerprint density at radius 1 is 1.07 bits per heavy atom. The molecule has 0 saturated heterocycles. The minimum atomic E-state index is -4.12. The SMILES string of the molecule is C[C@H]1CC2C[C@@H](S(=O)(=O)c3cc(C(=O)Nc4ccc(F)c(F)c4)ccc3Cl)CC1[C@@]2(O)[C@H](O)c1cc(F)ccn1. The lowest BCUT2D eigenvalue weighted by Gasteiger charge is -2.45. The first kappa shape index (κ1) is 28.5. The molecule has 3 aromatic rings. The topological polar surface area (TPSA) is 117 Å². The summed E-state index contributed by atoms with van der Waals surface area (Å²) in [5.74, 6) is -5.01. The molecule has 7 nitrogen and oxygen atoms in total. The van der Waals surface area contributed by atoms with Gasteiger partial charge in [-0.25, -0.2) is 21.6 Å². The Labute approximate surface area is 233 Å². The van der Waals surface area contributed by atoms with Crippen molar-refractivity contribution in [1.29, 1.82) is 0 Å². The highest BCUT2D eigenvalue weighted by Crippen LogP contribution is 2.58. The van der Waals surface area contributed by atoms with Gasteiger partial charge in [0.25, 0.3) is 5.91 Å². The first-order valence-electron chi connectivity index (χ1n) is 12.6. The quantitative estimate of drug-likeness (QED) is 0.367. The first-order chi connectivity index (χ1) is 18.8. The number of amides is 1. The minimum absolute atomic E-state index is 0.00445. The van der Waals surface area contributed by atoms with E-state index in [-0.39, 0.29) is 45.6 Å². The van der Waals surface area contributed by atoms with Gasteiger partial charge in [-0.05, 0) is 79.5 Å². The van der Waals surface area contributed by atoms with Crippen LogP contribution in [0.4, 0.5) is 18.9 Å². The van der Waals surface area contributed by atoms with E-state index in [9.17, 15) is 36.6 Å². The highest BCUT2D eigenvalue weighted by Gasteiger charge is 2.62. The Morgan fingerprint density at radius 3 is 2.50 bits per heavy atom. The number of fused-ring (bicyclic) bond motifs is 2. The van der Waals surface area contributed by atoms with Crippen LogP contribution in [-0.4, -0.2) is 40.4 Å². The largest absolute Gasteiger partial charge is 0.386 e. The highest BCUT2D eigenvalue weighted by molar-refractivity contribution is 7.92. The van der Waals surface area contributed by atoms with Crippen LogP contribution in [-0.2, 0) is 9.84 Å². The summed E-state index contributed by atoms with van der Waals surface area (Å²) in [6.07, 6.45) is 0.136. The van der Waals surface area contributed by atoms with E-state index in [0.29, 0.717) is 6.42 Å². The van der Waals surface area contributed by atoms with Gasteiger partial charge in [0.1, 0.15) is 17.5 Å². The second kappa shape index (κ2) is 10.4. The van der Waals surface area contributed by atoms with Gasteiger partial charge >= 0.3 is 0 Å². The van der Waals surface area contributed by atoms with Crippen LogP contribution >= 0.6 is 11.6 Å². The summed E-state index contributed by atoms with van der Waals surface area (Å²) >= 11 is 6.29. The summed E-state index contributed by atoms with van der Waals surface area (Å²) in [6, 6.07) is 8.69. The monoisotopic (exact) mass is 594 g/mol. The van der Waals surface area contributed by atoms with E-state index in [0.717, 1.165) is 36.4 Å². The number of hydrogen-bond donors (Lipinski definition) is 3. The molecule has 6 atom stereocenters. The Bertz CT molecular complexity index is 1590. The zero-order valence-corrected chi connectivity index (χ0v) is 22.8. The van der Waals surface area contributed by atoms with Crippen LogP contribution in [0, 0.1) is 35.2 Å². The van der Waals surface area contributed by atoms with Gasteiger partial charge in [0.2, 0.25) is 0 Å². The number of halogens is 4. The van der Waals surface area contributed by atoms with E-state index in [1.165, 1.54) is 18.3 Å². The van der Waals surface area contributed by atoms with E-state index in [1.54, 1.807) is 0 Å². The summed E-state index contributed by atoms with van der Waals surface area (Å²) in [6.45, 7) is 1.87. The van der Waals surface area contributed by atoms with E-state index in [2.05, 4.69) is 10.3 Å². The molecule has 3 N–H and O–H groups in total. The van der Waals surface area contributed by atoms with Crippen LogP contribution in [0.15, 0.2) is 59.6 Å². The molecule has 12 heteroatoms. The van der Waals surface area contributed by atoms with Gasteiger partial charge in [0.05, 0.1) is 20.9 Å². The summed E-state index contributed by atoms with van der Waals surface area (Å²) in [4.78, 5) is 16.5. The van der Waals surface area contributed by atoms with E-state index in [1.807, 2.05) is 6.92 Å². The molecule has 2 bridgehead atoms. The van der Waals surface area contributed by atoms with Crippen molar-refractivity contribution >= 4 is 33.0 Å². The summed E-state index contributed by atoms with van der Waals surface area (Å²) in [5.41, 5.74) is -1.83. The zero-order valence-electron chi connectivity index (χ0n) is 21.2. The number of rotatable bonds is 6. The molecule has 40 heavy (non-hydrogen) atoms. The number of aromatic nitrogens is 1. The van der Waals surface area contributed by atoms with Crippen LogP contribution < -0.4 is 5.32 Å². The number of carbonyl (C=O) groups excluding carboxylic acids is 1. The average Bonchev–Trinajstić information content (AvgIpc) is 3.02. The van der Waals surface area contributed by atoms with Gasteiger partial charge in [0.15, 0.2) is 21.5 Å². The fourth-order valence-corrected chi connectivity index (χ4v) is 8.65. The number of hydrogen-bond acceptors (Lipinski definition) is 6. The molecular formula is C28H26ClF3N2O5S. The highest BCUT2D eigenvalue weighted by atomic mass is 35.5. The number of benzene rings is 2. The summed E-state index contributed by atoms with van der Waals surface area (Å²) < 4.78 is 68.2. The Hall–Kier alpha value is -2.99. The molecular weight excluding hydrogens is 569 g/mol. The lowest BCUT2D eigenvalue weighted by molar-refractivity contribution is -0.149. The summed E-state index contributed by atoms with van der Waals surface area (Å²) in [7, 11) is -4.12. The number of nitrogens with one attached hydrogen (secondary N) is 1. The Morgan fingerprint density at radius 2 is 1.82 bits per heavy atom. The fraction of sp³-hybridized carbons (Fsp3) is 0.357. The van der Waals surface area contributed by atoms with Crippen molar-refractivity contribution < 1.29 is 36.6 Å². The van der Waals surface area contributed by atoms with Crippen molar-refractivity contribution in [3.63, 3.8) is 0 Å². The molecule has 0 spiro atoms. The first-order valence-corrected chi connectivity index (χ1v) is 14.6. The third kappa shape index (κ3) is 4.89. The number of nitrogens with zero attached hydrogens (tertiary/aromatic N) is 1. The number of carbonyl (C=O) groups is 1. The van der Waals surface area contributed by atoms with Crippen molar-refractivity contribution in [2.45, 2.75) is 48.0 Å². The number of aliphatic hydroxyl groups is 2. The predicted molar refractivity (Wildman–Crippen MR) is 141 cm³/mol. The molecule has 2 aromatic carbocycles. The summed E-state index contributed by atoms with van der Waals surface area (Å²) in [5, 5.41) is 24.1. The van der Waals surface area contributed by atoms with Gasteiger partial charge in [-0.2, -0.15) is 0 Å². The molecule has 5 rings (SSSR count). The molecule has 1 heterocycles. The Balaban J connectivity index is 1.41. The van der Waals surface area contributed by atoms with Crippen molar-refractivity contribution in [2.24, 2.45) is 17.8 Å². The van der Waals surface area contributed by atoms with Crippen LogP contribution in [0.1, 0.15) is 48.3 Å². The molecule has 2 fully saturated rings. The maximum Gasteiger partial charge on any atom is 0.255 e. The second-order valence-corrected chi connectivity index (χ2v) is 13.2. The molecule has 2 unspecified atom stereocenters. The van der Waals surface area contributed by atoms with Gasteiger partial charge < -0.3 is 15.5 Å². The van der Waals surface area contributed by atoms with Crippen LogP contribution in [0.5, 0.6) is 0 Å². The van der Waals surface area contributed by atoms with Crippen LogP contribution in [0.3, 0.4) is 0 Å². The average molecular weight is 595 g/mol. The maximum absolute atomic E-state index is 13.8. The second-order valence-electron chi connectivity index (χ2n) is 10.6. The maximum atomic E-state index is 13.8. The minimum Gasteiger partial charge on any atom is -0.386 e. The standard InChI is InChI=1S/C28H26ClF3N2O5S/c1-14-8-16-10-19(13-20(14)28(16,37)26(35)24-11-17(30)6-7-33-24)40(38,39)25-9-15(2-4-21(25)29)27(36)34-18-3-5-22(31)23(32)12-18/h2-7,9,11-12,14,16,19-20,26,35,37H,8,10,13H2,1H3,(H,34,36)/t14-,16?,19+,20?,26+,28+/m0/s1. The predicted octanol–water partition coefficient (Wildman–Crippen LogP) is 5.08. The van der Waals surface area contributed by atoms with Crippen molar-refractivity contribution in [1.82, 2.24) is 4.98 Å². The van der Waals surface area contributed by atoms with Crippen LogP contribution in [0.25, 0.3) is 0 Å². The number of pyridine rings is 1. The van der Waals surface area contributed by atoms with Gasteiger partial charge in [0, 0.05) is 23.5 Å². The fourth-order valence-electron chi connectivity index (χ4n) is 6.27. The van der Waals surface area contributed by atoms with Gasteiger partial charge in [-0.15, -0.1) is 0 Å². The molecule has 1 aromatic heterocycles.